The Morgan fingerprint density at radius 1 is 1.31 bits per heavy atom. The van der Waals surface area contributed by atoms with E-state index in [4.69, 9.17) is 0 Å². The van der Waals surface area contributed by atoms with Crippen molar-refractivity contribution in [3.8, 4) is 0 Å². The molecule has 1 aromatic heterocycles. The number of benzene rings is 1. The minimum absolute atomic E-state index is 0.0286. The summed E-state index contributed by atoms with van der Waals surface area (Å²) in [7, 11) is 2.07. The molecule has 0 amide bonds. The van der Waals surface area contributed by atoms with Crippen molar-refractivity contribution in [3.05, 3.63) is 36.0 Å². The molecule has 0 aliphatic heterocycles. The van der Waals surface area contributed by atoms with Gasteiger partial charge in [-0.2, -0.15) is 0 Å². The fourth-order valence-corrected chi connectivity index (χ4v) is 2.79. The summed E-state index contributed by atoms with van der Waals surface area (Å²) in [6.07, 6.45) is 4.15. The smallest absolute Gasteiger partial charge is 0.0609 e. The van der Waals surface area contributed by atoms with E-state index in [0.29, 0.717) is 0 Å². The van der Waals surface area contributed by atoms with Crippen LogP contribution in [0.1, 0.15) is 25.3 Å². The van der Waals surface area contributed by atoms with Crippen LogP contribution in [0.3, 0.4) is 0 Å². The minimum atomic E-state index is -0.252. The van der Waals surface area contributed by atoms with Gasteiger partial charge in [-0.25, -0.2) is 0 Å². The Balaban J connectivity index is 2.25. The first-order valence-corrected chi connectivity index (χ1v) is 5.88. The van der Waals surface area contributed by atoms with E-state index < -0.39 is 0 Å². The fourth-order valence-electron chi connectivity index (χ4n) is 2.79. The maximum atomic E-state index is 9.96. The van der Waals surface area contributed by atoms with Crippen molar-refractivity contribution in [1.82, 2.24) is 4.57 Å². The Morgan fingerprint density at radius 3 is 2.62 bits per heavy atom. The number of nitrogens with zero attached hydrogens (tertiary/aromatic N) is 1. The summed E-state index contributed by atoms with van der Waals surface area (Å²) in [5, 5.41) is 11.3. The lowest BCUT2D eigenvalue weighted by molar-refractivity contribution is 0.151. The van der Waals surface area contributed by atoms with Gasteiger partial charge >= 0.3 is 0 Å². The second-order valence-electron chi connectivity index (χ2n) is 5.00. The summed E-state index contributed by atoms with van der Waals surface area (Å²) >= 11 is 0. The third kappa shape index (κ3) is 1.17. The Hall–Kier alpha value is -1.28. The topological polar surface area (TPSA) is 25.2 Å². The monoisotopic (exact) mass is 215 g/mol. The predicted octanol–water partition coefficient (Wildman–Crippen LogP) is 2.59. The normalized spacial score (nSPS) is 19.9. The van der Waals surface area contributed by atoms with Gasteiger partial charge in [0.1, 0.15) is 0 Å². The molecule has 2 heteroatoms. The molecular weight excluding hydrogens is 198 g/mol. The molecule has 1 N–H and O–H groups in total. The minimum Gasteiger partial charge on any atom is -0.392 e. The van der Waals surface area contributed by atoms with Gasteiger partial charge in [0.05, 0.1) is 6.10 Å². The molecule has 2 aromatic rings. The Kier molecular flexibility index (Phi) is 1.93. The Morgan fingerprint density at radius 2 is 2.00 bits per heavy atom. The van der Waals surface area contributed by atoms with Crippen molar-refractivity contribution in [3.63, 3.8) is 0 Å². The van der Waals surface area contributed by atoms with E-state index in [2.05, 4.69) is 42.1 Å². The molecule has 1 saturated carbocycles. The van der Waals surface area contributed by atoms with Gasteiger partial charge in [0.2, 0.25) is 0 Å². The number of fused-ring (bicyclic) bond motifs is 1. The van der Waals surface area contributed by atoms with Crippen LogP contribution in [0, 0.1) is 0 Å². The van der Waals surface area contributed by atoms with E-state index in [1.807, 2.05) is 6.92 Å². The van der Waals surface area contributed by atoms with Crippen LogP contribution in [0.4, 0.5) is 0 Å². The van der Waals surface area contributed by atoms with Gasteiger partial charge in [0.25, 0.3) is 0 Å². The number of aryl methyl sites for hydroxylation is 1. The third-order valence-electron chi connectivity index (χ3n) is 4.02. The zero-order valence-electron chi connectivity index (χ0n) is 9.77. The summed E-state index contributed by atoms with van der Waals surface area (Å²) in [4.78, 5) is 0. The van der Waals surface area contributed by atoms with Gasteiger partial charge in [-0.1, -0.05) is 18.2 Å². The number of aliphatic hydroxyl groups is 1. The molecule has 2 nitrogen and oxygen atoms in total. The third-order valence-corrected chi connectivity index (χ3v) is 4.02. The molecule has 1 aliphatic carbocycles. The lowest BCUT2D eigenvalue weighted by Crippen LogP contribution is -2.22. The Labute approximate surface area is 95.5 Å². The lowest BCUT2D eigenvalue weighted by Gasteiger charge is -2.17. The van der Waals surface area contributed by atoms with E-state index in [1.165, 1.54) is 16.5 Å². The van der Waals surface area contributed by atoms with Crippen molar-refractivity contribution in [2.45, 2.75) is 31.3 Å². The second-order valence-corrected chi connectivity index (χ2v) is 5.00. The average Bonchev–Trinajstić information content (AvgIpc) is 3.01. The molecule has 0 radical (unpaired) electrons. The quantitative estimate of drug-likeness (QED) is 0.818. The van der Waals surface area contributed by atoms with Gasteiger partial charge < -0.3 is 9.67 Å². The van der Waals surface area contributed by atoms with Crippen molar-refractivity contribution >= 4 is 10.9 Å². The molecule has 1 aromatic carbocycles. The van der Waals surface area contributed by atoms with Gasteiger partial charge in [-0.15, -0.1) is 0 Å². The van der Waals surface area contributed by atoms with Gasteiger partial charge in [0, 0.05) is 29.6 Å². The van der Waals surface area contributed by atoms with Crippen molar-refractivity contribution in [1.29, 1.82) is 0 Å². The molecule has 1 atom stereocenters. The highest BCUT2D eigenvalue weighted by Gasteiger charge is 2.49. The summed E-state index contributed by atoms with van der Waals surface area (Å²) in [6, 6.07) is 8.43. The SMILES string of the molecule is CC(O)C1(c2cn(C)c3ccccc23)CC1. The standard InChI is InChI=1S/C14H17NO/c1-10(16)14(7-8-14)12-9-15(2)13-6-4-3-5-11(12)13/h3-6,9-10,16H,7-8H2,1-2H3. The van der Waals surface area contributed by atoms with Crippen LogP contribution in [-0.4, -0.2) is 15.8 Å². The number of hydrogen-bond donors (Lipinski definition) is 1. The zero-order valence-corrected chi connectivity index (χ0v) is 9.77. The molecule has 1 aliphatic rings. The molecule has 0 bridgehead atoms. The van der Waals surface area contributed by atoms with Crippen molar-refractivity contribution in [2.75, 3.05) is 0 Å². The van der Waals surface area contributed by atoms with Crippen LogP contribution in [0.5, 0.6) is 0 Å². The van der Waals surface area contributed by atoms with Crippen LogP contribution >= 0.6 is 0 Å². The largest absolute Gasteiger partial charge is 0.392 e. The highest BCUT2D eigenvalue weighted by atomic mass is 16.3. The van der Waals surface area contributed by atoms with Crippen LogP contribution < -0.4 is 0 Å². The summed E-state index contributed by atoms with van der Waals surface area (Å²) < 4.78 is 2.16. The molecule has 1 heterocycles. The predicted molar refractivity (Wildman–Crippen MR) is 65.5 cm³/mol. The first-order chi connectivity index (χ1) is 7.65. The van der Waals surface area contributed by atoms with Gasteiger partial charge in [-0.3, -0.25) is 0 Å². The van der Waals surface area contributed by atoms with E-state index in [9.17, 15) is 5.11 Å². The first-order valence-electron chi connectivity index (χ1n) is 5.88. The van der Waals surface area contributed by atoms with E-state index in [-0.39, 0.29) is 11.5 Å². The maximum Gasteiger partial charge on any atom is 0.0609 e. The van der Waals surface area contributed by atoms with Crippen LogP contribution in [-0.2, 0) is 12.5 Å². The average molecular weight is 215 g/mol. The first kappa shape index (κ1) is 9.91. The number of para-hydroxylation sites is 1. The van der Waals surface area contributed by atoms with Crippen molar-refractivity contribution in [2.24, 2.45) is 7.05 Å². The maximum absolute atomic E-state index is 9.96. The highest BCUT2D eigenvalue weighted by Crippen LogP contribution is 2.53. The number of aliphatic hydroxyl groups excluding tert-OH is 1. The summed E-state index contributed by atoms with van der Waals surface area (Å²) in [5.74, 6) is 0. The number of rotatable bonds is 2. The second kappa shape index (κ2) is 3.11. The molecule has 1 fully saturated rings. The summed E-state index contributed by atoms with van der Waals surface area (Å²) in [5.41, 5.74) is 2.60. The van der Waals surface area contributed by atoms with Crippen LogP contribution in [0.15, 0.2) is 30.5 Å². The molecular formula is C14H17NO. The molecule has 84 valence electrons. The molecule has 0 spiro atoms. The van der Waals surface area contributed by atoms with Crippen molar-refractivity contribution < 1.29 is 5.11 Å². The zero-order chi connectivity index (χ0) is 11.3. The van der Waals surface area contributed by atoms with Gasteiger partial charge in [-0.05, 0) is 31.4 Å². The Bertz CT molecular complexity index is 535. The molecule has 3 rings (SSSR count). The van der Waals surface area contributed by atoms with Crippen LogP contribution in [0.2, 0.25) is 0 Å². The highest BCUT2D eigenvalue weighted by molar-refractivity contribution is 5.85. The van der Waals surface area contributed by atoms with E-state index in [1.54, 1.807) is 0 Å². The summed E-state index contributed by atoms with van der Waals surface area (Å²) in [6.45, 7) is 1.91. The molecule has 16 heavy (non-hydrogen) atoms. The van der Waals surface area contributed by atoms with E-state index in [0.717, 1.165) is 12.8 Å². The lowest BCUT2D eigenvalue weighted by atomic mass is 9.90. The van der Waals surface area contributed by atoms with Gasteiger partial charge in [0.15, 0.2) is 0 Å². The fraction of sp³-hybridized carbons (Fsp3) is 0.429. The van der Waals surface area contributed by atoms with E-state index >= 15 is 0 Å². The van der Waals surface area contributed by atoms with Crippen LogP contribution in [0.25, 0.3) is 10.9 Å². The molecule has 0 saturated heterocycles. The molecule has 1 unspecified atom stereocenters. The number of aromatic nitrogens is 1. The number of hydrogen-bond acceptors (Lipinski definition) is 1.